The molecule has 2 aliphatic rings. The first-order valence-electron chi connectivity index (χ1n) is 12.8. The van der Waals surface area contributed by atoms with Crippen LogP contribution in [-0.2, 0) is 16.7 Å². The van der Waals surface area contributed by atoms with Gasteiger partial charge in [0, 0.05) is 50.6 Å². The second-order valence-electron chi connectivity index (χ2n) is 10.0. The minimum atomic E-state index is -0.501. The number of likely N-dealkylation sites (tertiary alicyclic amines) is 1. The molecule has 2 heterocycles. The Bertz CT molecular complexity index is 1090. The first kappa shape index (κ1) is 25.2. The molecule has 35 heavy (non-hydrogen) atoms. The maximum absolute atomic E-state index is 13.4. The van der Waals surface area contributed by atoms with E-state index < -0.39 is 11.3 Å². The third kappa shape index (κ3) is 5.50. The molecule has 0 spiro atoms. The van der Waals surface area contributed by atoms with Crippen LogP contribution < -0.4 is 10.7 Å². The predicted molar refractivity (Wildman–Crippen MR) is 136 cm³/mol. The van der Waals surface area contributed by atoms with E-state index in [0.29, 0.717) is 26.2 Å². The van der Waals surface area contributed by atoms with Crippen LogP contribution in [0.4, 0.5) is 0 Å². The number of nitrogens with zero attached hydrogens (tertiary/aromatic N) is 2. The highest BCUT2D eigenvalue weighted by Gasteiger charge is 2.36. The summed E-state index contributed by atoms with van der Waals surface area (Å²) in [7, 11) is 1.60. The highest BCUT2D eigenvalue weighted by atomic mass is 16.5. The molecule has 4 rings (SSSR count). The van der Waals surface area contributed by atoms with E-state index in [-0.39, 0.29) is 28.5 Å². The van der Waals surface area contributed by atoms with Gasteiger partial charge in [-0.3, -0.25) is 14.4 Å². The molecule has 0 radical (unpaired) electrons. The van der Waals surface area contributed by atoms with Crippen LogP contribution in [0.3, 0.4) is 0 Å². The molecule has 0 unspecified atom stereocenters. The molecule has 2 amide bonds. The van der Waals surface area contributed by atoms with E-state index in [2.05, 4.69) is 17.4 Å². The molecule has 1 aromatic heterocycles. The predicted octanol–water partition coefficient (Wildman–Crippen LogP) is 3.75. The van der Waals surface area contributed by atoms with Crippen molar-refractivity contribution in [3.8, 4) is 0 Å². The number of ether oxygens (including phenoxy) is 1. The molecule has 1 aliphatic carbocycles. The first-order chi connectivity index (χ1) is 16.9. The fourth-order valence-corrected chi connectivity index (χ4v) is 5.58. The number of carbonyl (C=O) groups is 2. The molecule has 7 nitrogen and oxygen atoms in total. The quantitative estimate of drug-likeness (QED) is 0.625. The lowest BCUT2D eigenvalue weighted by Crippen LogP contribution is -2.45. The Kier molecular flexibility index (Phi) is 8.06. The Morgan fingerprint density at radius 3 is 2.46 bits per heavy atom. The summed E-state index contributed by atoms with van der Waals surface area (Å²) in [5.74, 6) is -0.718. The highest BCUT2D eigenvalue weighted by Crippen LogP contribution is 2.40. The van der Waals surface area contributed by atoms with E-state index in [1.54, 1.807) is 29.0 Å². The number of amides is 2. The van der Waals surface area contributed by atoms with Gasteiger partial charge in [0.05, 0.1) is 6.61 Å². The average Bonchev–Trinajstić information content (AvgIpc) is 3.37. The number of nitrogens with one attached hydrogen (secondary N) is 1. The zero-order valence-corrected chi connectivity index (χ0v) is 20.9. The van der Waals surface area contributed by atoms with Crippen molar-refractivity contribution in [3.63, 3.8) is 0 Å². The Balaban J connectivity index is 1.61. The maximum atomic E-state index is 13.4. The summed E-state index contributed by atoms with van der Waals surface area (Å²) < 4.78 is 6.92. The Morgan fingerprint density at radius 1 is 1.06 bits per heavy atom. The number of rotatable bonds is 8. The van der Waals surface area contributed by atoms with Crippen molar-refractivity contribution in [2.75, 3.05) is 26.8 Å². The molecule has 2 fully saturated rings. The van der Waals surface area contributed by atoms with Crippen LogP contribution in [0.5, 0.6) is 0 Å². The maximum Gasteiger partial charge on any atom is 0.259 e. The van der Waals surface area contributed by atoms with Crippen molar-refractivity contribution in [1.29, 1.82) is 0 Å². The highest BCUT2D eigenvalue weighted by molar-refractivity contribution is 5.99. The van der Waals surface area contributed by atoms with Crippen LogP contribution in [0.15, 0.2) is 47.5 Å². The summed E-state index contributed by atoms with van der Waals surface area (Å²) in [6, 6.07) is 10.4. The van der Waals surface area contributed by atoms with Crippen molar-refractivity contribution < 1.29 is 14.3 Å². The van der Waals surface area contributed by atoms with Crippen molar-refractivity contribution in [2.24, 2.45) is 0 Å². The zero-order valence-electron chi connectivity index (χ0n) is 20.9. The van der Waals surface area contributed by atoms with Crippen molar-refractivity contribution in [3.05, 3.63) is 69.6 Å². The summed E-state index contributed by atoms with van der Waals surface area (Å²) in [5, 5.41) is 3.05. The van der Waals surface area contributed by atoms with Gasteiger partial charge in [-0.05, 0) is 44.6 Å². The minimum Gasteiger partial charge on any atom is -0.383 e. The van der Waals surface area contributed by atoms with E-state index in [1.807, 2.05) is 25.1 Å². The van der Waals surface area contributed by atoms with Crippen LogP contribution >= 0.6 is 0 Å². The van der Waals surface area contributed by atoms with Crippen molar-refractivity contribution >= 4 is 11.8 Å². The lowest BCUT2D eigenvalue weighted by atomic mass is 9.79. The molecular formula is C28H37N3O4. The van der Waals surface area contributed by atoms with Crippen LogP contribution in [0.2, 0.25) is 0 Å². The minimum absolute atomic E-state index is 0.0119. The molecule has 1 aliphatic heterocycles. The molecule has 1 atom stereocenters. The van der Waals surface area contributed by atoms with Gasteiger partial charge < -0.3 is 19.5 Å². The van der Waals surface area contributed by atoms with Gasteiger partial charge in [-0.2, -0.15) is 0 Å². The fraction of sp³-hybridized carbons (Fsp3) is 0.536. The van der Waals surface area contributed by atoms with Crippen LogP contribution in [0, 0.1) is 0 Å². The third-order valence-electron chi connectivity index (χ3n) is 7.71. The molecule has 0 bridgehead atoms. The number of pyridine rings is 1. The number of hydrogen-bond donors (Lipinski definition) is 1. The summed E-state index contributed by atoms with van der Waals surface area (Å²) in [4.78, 5) is 41.9. The topological polar surface area (TPSA) is 80.6 Å². The number of carbonyl (C=O) groups excluding carboxylic acids is 2. The monoisotopic (exact) mass is 479 g/mol. The summed E-state index contributed by atoms with van der Waals surface area (Å²) in [6.45, 7) is 3.97. The standard InChI is InChI=1S/C28H37N3O4/c1-21-10-6-9-15-31(21)27(34)24-19-30(16-17-35-2)18-23(25(24)32)26(33)29-20-28(13-7-8-14-28)22-11-4-3-5-12-22/h3-5,11-12,18-19,21H,6-10,13-17,20H2,1-2H3,(H,29,33)/t21-/m0/s1. The van der Waals surface area contributed by atoms with E-state index >= 15 is 0 Å². The average molecular weight is 480 g/mol. The molecule has 1 N–H and O–H groups in total. The Labute approximate surface area is 207 Å². The summed E-state index contributed by atoms with van der Waals surface area (Å²) in [5.41, 5.74) is 0.666. The second-order valence-corrected chi connectivity index (χ2v) is 10.0. The van der Waals surface area contributed by atoms with Crippen LogP contribution in [-0.4, -0.2) is 54.1 Å². The fourth-order valence-electron chi connectivity index (χ4n) is 5.58. The van der Waals surface area contributed by atoms with Gasteiger partial charge in [-0.15, -0.1) is 0 Å². The Morgan fingerprint density at radius 2 is 1.77 bits per heavy atom. The second kappa shape index (κ2) is 11.2. The lowest BCUT2D eigenvalue weighted by Gasteiger charge is -2.33. The Hall–Kier alpha value is -2.93. The number of piperidine rings is 1. The largest absolute Gasteiger partial charge is 0.383 e. The van der Waals surface area contributed by atoms with Crippen molar-refractivity contribution in [2.45, 2.75) is 69.9 Å². The van der Waals surface area contributed by atoms with Crippen LogP contribution in [0.1, 0.15) is 78.1 Å². The van der Waals surface area contributed by atoms with Gasteiger partial charge >= 0.3 is 0 Å². The number of benzene rings is 1. The molecular weight excluding hydrogens is 442 g/mol. The van der Waals surface area contributed by atoms with Gasteiger partial charge in [0.1, 0.15) is 11.1 Å². The van der Waals surface area contributed by atoms with Gasteiger partial charge in [-0.25, -0.2) is 0 Å². The van der Waals surface area contributed by atoms with Gasteiger partial charge in [0.25, 0.3) is 11.8 Å². The van der Waals surface area contributed by atoms with Crippen LogP contribution in [0.25, 0.3) is 0 Å². The van der Waals surface area contributed by atoms with E-state index in [4.69, 9.17) is 4.74 Å². The van der Waals surface area contributed by atoms with E-state index in [0.717, 1.165) is 44.9 Å². The van der Waals surface area contributed by atoms with Gasteiger partial charge in [-0.1, -0.05) is 43.2 Å². The van der Waals surface area contributed by atoms with Crippen molar-refractivity contribution in [1.82, 2.24) is 14.8 Å². The third-order valence-corrected chi connectivity index (χ3v) is 7.71. The van der Waals surface area contributed by atoms with Gasteiger partial charge in [0.15, 0.2) is 0 Å². The smallest absolute Gasteiger partial charge is 0.259 e. The first-order valence-corrected chi connectivity index (χ1v) is 12.8. The summed E-state index contributed by atoms with van der Waals surface area (Å²) in [6.07, 6.45) is 10.3. The molecule has 1 aromatic carbocycles. The number of hydrogen-bond acceptors (Lipinski definition) is 4. The molecule has 1 saturated heterocycles. The molecule has 2 aromatic rings. The normalized spacial score (nSPS) is 19.5. The molecule has 1 saturated carbocycles. The lowest BCUT2D eigenvalue weighted by molar-refractivity contribution is 0.0633. The molecule has 7 heteroatoms. The van der Waals surface area contributed by atoms with E-state index in [1.165, 1.54) is 5.56 Å². The zero-order chi connectivity index (χ0) is 24.8. The number of aromatic nitrogens is 1. The van der Waals surface area contributed by atoms with Gasteiger partial charge in [0.2, 0.25) is 5.43 Å². The summed E-state index contributed by atoms with van der Waals surface area (Å²) >= 11 is 0. The molecule has 188 valence electrons. The number of methoxy groups -OCH3 is 1. The SMILES string of the molecule is COCCn1cc(C(=O)NCC2(c3ccccc3)CCCC2)c(=O)c(C(=O)N2CCCC[C@@H]2C)c1. The van der Waals surface area contributed by atoms with E-state index in [9.17, 15) is 14.4 Å².